The van der Waals surface area contributed by atoms with Crippen LogP contribution in [0.2, 0.25) is 5.02 Å². The van der Waals surface area contributed by atoms with Crippen molar-refractivity contribution in [2.75, 3.05) is 13.4 Å². The number of amides is 1. The Bertz CT molecular complexity index is 913. The summed E-state index contributed by atoms with van der Waals surface area (Å²) < 4.78 is 10.6. The first-order chi connectivity index (χ1) is 13.1. The normalized spacial score (nSPS) is 17.6. The Morgan fingerprint density at radius 1 is 1.30 bits per heavy atom. The number of halogens is 1. The van der Waals surface area contributed by atoms with E-state index in [-0.39, 0.29) is 25.3 Å². The molecule has 7 heteroatoms. The lowest BCUT2D eigenvalue weighted by Crippen LogP contribution is -2.30. The lowest BCUT2D eigenvalue weighted by Gasteiger charge is -2.14. The standard InChI is InChI=1S/C20H19ClN2O4/c1-12(13-5-8-18-19(9-13)26-11-25-18)23-27-10-20(24)22-17-7-6-14-15(17)3-2-4-16(14)21/h2-5,8-9,17H,6-7,10-11H2,1H3,(H,22,24). The van der Waals surface area contributed by atoms with Gasteiger partial charge in [-0.1, -0.05) is 28.9 Å². The molecule has 140 valence electrons. The van der Waals surface area contributed by atoms with Crippen LogP contribution in [0.25, 0.3) is 0 Å². The van der Waals surface area contributed by atoms with Crippen LogP contribution in [0.5, 0.6) is 11.5 Å². The van der Waals surface area contributed by atoms with Crippen molar-refractivity contribution in [1.29, 1.82) is 0 Å². The van der Waals surface area contributed by atoms with Gasteiger partial charge in [-0.25, -0.2) is 0 Å². The molecule has 0 spiro atoms. The number of nitrogens with zero attached hydrogens (tertiary/aromatic N) is 1. The van der Waals surface area contributed by atoms with E-state index in [0.29, 0.717) is 17.2 Å². The fraction of sp³-hybridized carbons (Fsp3) is 0.300. The molecule has 0 fully saturated rings. The van der Waals surface area contributed by atoms with Crippen LogP contribution in [0.3, 0.4) is 0 Å². The Hall–Kier alpha value is -2.73. The average Bonchev–Trinajstić information content (AvgIpc) is 3.29. The minimum Gasteiger partial charge on any atom is -0.454 e. The van der Waals surface area contributed by atoms with Gasteiger partial charge >= 0.3 is 0 Å². The summed E-state index contributed by atoms with van der Waals surface area (Å²) in [6.45, 7) is 1.89. The summed E-state index contributed by atoms with van der Waals surface area (Å²) in [6, 6.07) is 11.3. The molecule has 0 saturated carbocycles. The largest absolute Gasteiger partial charge is 0.454 e. The Morgan fingerprint density at radius 2 is 2.15 bits per heavy atom. The van der Waals surface area contributed by atoms with Gasteiger partial charge in [0, 0.05) is 10.6 Å². The fourth-order valence-electron chi connectivity index (χ4n) is 3.36. The number of oxime groups is 1. The van der Waals surface area contributed by atoms with Crippen LogP contribution in [0.1, 0.15) is 36.1 Å². The van der Waals surface area contributed by atoms with Gasteiger partial charge in [-0.15, -0.1) is 0 Å². The molecule has 6 nitrogen and oxygen atoms in total. The smallest absolute Gasteiger partial charge is 0.261 e. The lowest BCUT2D eigenvalue weighted by atomic mass is 10.1. The van der Waals surface area contributed by atoms with Crippen LogP contribution >= 0.6 is 11.6 Å². The summed E-state index contributed by atoms with van der Waals surface area (Å²) in [5.41, 5.74) is 3.69. The molecule has 1 atom stereocenters. The van der Waals surface area contributed by atoms with E-state index in [1.165, 1.54) is 0 Å². The molecular formula is C20H19ClN2O4. The predicted molar refractivity (Wildman–Crippen MR) is 101 cm³/mol. The highest BCUT2D eigenvalue weighted by atomic mass is 35.5. The Morgan fingerprint density at radius 3 is 3.04 bits per heavy atom. The van der Waals surface area contributed by atoms with Crippen molar-refractivity contribution in [3.8, 4) is 11.5 Å². The molecular weight excluding hydrogens is 368 g/mol. The first-order valence-corrected chi connectivity index (χ1v) is 9.13. The van der Waals surface area contributed by atoms with Gasteiger partial charge in [-0.2, -0.15) is 0 Å². The van der Waals surface area contributed by atoms with Crippen LogP contribution < -0.4 is 14.8 Å². The number of ether oxygens (including phenoxy) is 2. The van der Waals surface area contributed by atoms with Gasteiger partial charge in [0.15, 0.2) is 18.1 Å². The van der Waals surface area contributed by atoms with Crippen LogP contribution in [0.15, 0.2) is 41.6 Å². The van der Waals surface area contributed by atoms with Crippen molar-refractivity contribution in [3.05, 3.63) is 58.1 Å². The molecule has 27 heavy (non-hydrogen) atoms. The number of fused-ring (bicyclic) bond motifs is 2. The van der Waals surface area contributed by atoms with E-state index in [1.807, 2.05) is 43.3 Å². The first kappa shape index (κ1) is 17.7. The van der Waals surface area contributed by atoms with E-state index < -0.39 is 0 Å². The van der Waals surface area contributed by atoms with Crippen molar-refractivity contribution in [2.24, 2.45) is 5.16 Å². The quantitative estimate of drug-likeness (QED) is 0.629. The van der Waals surface area contributed by atoms with E-state index in [9.17, 15) is 4.79 Å². The molecule has 1 unspecified atom stereocenters. The topological polar surface area (TPSA) is 69.2 Å². The van der Waals surface area contributed by atoms with Crippen molar-refractivity contribution >= 4 is 23.2 Å². The summed E-state index contributed by atoms with van der Waals surface area (Å²) in [4.78, 5) is 17.4. The zero-order valence-corrected chi connectivity index (χ0v) is 15.6. The maximum atomic E-state index is 12.2. The monoisotopic (exact) mass is 386 g/mol. The van der Waals surface area contributed by atoms with E-state index in [0.717, 1.165) is 34.6 Å². The van der Waals surface area contributed by atoms with Crippen LogP contribution in [0, 0.1) is 0 Å². The minimum atomic E-state index is -0.213. The van der Waals surface area contributed by atoms with Crippen LogP contribution in [-0.4, -0.2) is 25.0 Å². The maximum Gasteiger partial charge on any atom is 0.261 e. The molecule has 4 rings (SSSR count). The molecule has 0 saturated heterocycles. The molecule has 0 radical (unpaired) electrons. The van der Waals surface area contributed by atoms with Crippen LogP contribution in [-0.2, 0) is 16.1 Å². The molecule has 1 N–H and O–H groups in total. The number of carbonyl (C=O) groups is 1. The SMILES string of the molecule is CC(=NOCC(=O)NC1CCc2c(Cl)cccc21)c1ccc2c(c1)OCO2. The summed E-state index contributed by atoms with van der Waals surface area (Å²) >= 11 is 6.21. The fourth-order valence-corrected chi connectivity index (χ4v) is 3.63. The molecule has 1 amide bonds. The summed E-state index contributed by atoms with van der Waals surface area (Å²) in [5.74, 6) is 1.18. The molecule has 2 aromatic carbocycles. The summed E-state index contributed by atoms with van der Waals surface area (Å²) in [5, 5.41) is 7.77. The third-order valence-electron chi connectivity index (χ3n) is 4.74. The number of carbonyl (C=O) groups excluding carboxylic acids is 1. The molecule has 1 aliphatic heterocycles. The molecule has 1 aliphatic carbocycles. The van der Waals surface area contributed by atoms with E-state index in [4.69, 9.17) is 25.9 Å². The zero-order valence-electron chi connectivity index (χ0n) is 14.8. The highest BCUT2D eigenvalue weighted by Crippen LogP contribution is 2.35. The maximum absolute atomic E-state index is 12.2. The van der Waals surface area contributed by atoms with Crippen molar-refractivity contribution in [1.82, 2.24) is 5.32 Å². The van der Waals surface area contributed by atoms with Gasteiger partial charge in [0.1, 0.15) is 0 Å². The number of hydrogen-bond donors (Lipinski definition) is 1. The second kappa shape index (κ2) is 7.48. The highest BCUT2D eigenvalue weighted by molar-refractivity contribution is 6.31. The number of hydrogen-bond acceptors (Lipinski definition) is 5. The van der Waals surface area contributed by atoms with Gasteiger partial charge < -0.3 is 19.6 Å². The second-order valence-corrected chi connectivity index (χ2v) is 6.89. The predicted octanol–water partition coefficient (Wildman–Crippen LogP) is 3.61. The van der Waals surface area contributed by atoms with Gasteiger partial charge in [0.2, 0.25) is 6.79 Å². The van der Waals surface area contributed by atoms with Crippen LogP contribution in [0.4, 0.5) is 0 Å². The Kier molecular flexibility index (Phi) is 4.90. The van der Waals surface area contributed by atoms with E-state index in [2.05, 4.69) is 10.5 Å². The number of rotatable bonds is 5. The second-order valence-electron chi connectivity index (χ2n) is 6.48. The Balaban J connectivity index is 1.32. The molecule has 1 heterocycles. The van der Waals surface area contributed by atoms with Gasteiger partial charge in [-0.3, -0.25) is 4.79 Å². The van der Waals surface area contributed by atoms with Gasteiger partial charge in [-0.05, 0) is 55.2 Å². The third-order valence-corrected chi connectivity index (χ3v) is 5.09. The van der Waals surface area contributed by atoms with E-state index >= 15 is 0 Å². The summed E-state index contributed by atoms with van der Waals surface area (Å²) in [6.07, 6.45) is 1.70. The van der Waals surface area contributed by atoms with E-state index in [1.54, 1.807) is 0 Å². The average molecular weight is 387 g/mol. The number of nitrogens with one attached hydrogen (secondary N) is 1. The molecule has 0 bridgehead atoms. The molecule has 2 aliphatic rings. The molecule has 0 aromatic heterocycles. The summed E-state index contributed by atoms with van der Waals surface area (Å²) in [7, 11) is 0. The van der Waals surface area contributed by atoms with Crippen molar-refractivity contribution < 1.29 is 19.1 Å². The Labute approximate surface area is 162 Å². The zero-order chi connectivity index (χ0) is 18.8. The lowest BCUT2D eigenvalue weighted by molar-refractivity contribution is -0.126. The third kappa shape index (κ3) is 3.71. The van der Waals surface area contributed by atoms with Crippen molar-refractivity contribution in [2.45, 2.75) is 25.8 Å². The highest BCUT2D eigenvalue weighted by Gasteiger charge is 2.25. The first-order valence-electron chi connectivity index (χ1n) is 8.75. The minimum absolute atomic E-state index is 0.0336. The van der Waals surface area contributed by atoms with Gasteiger partial charge in [0.25, 0.3) is 5.91 Å². The van der Waals surface area contributed by atoms with Gasteiger partial charge in [0.05, 0.1) is 11.8 Å². The number of benzene rings is 2. The van der Waals surface area contributed by atoms with Crippen molar-refractivity contribution in [3.63, 3.8) is 0 Å². The molecule has 2 aromatic rings.